The van der Waals surface area contributed by atoms with E-state index in [2.05, 4.69) is 0 Å². The van der Waals surface area contributed by atoms with Crippen LogP contribution in [0.15, 0.2) is 54.6 Å². The molecule has 3 rings (SSSR count). The zero-order valence-electron chi connectivity index (χ0n) is 16.8. The van der Waals surface area contributed by atoms with Crippen molar-refractivity contribution >= 4 is 15.9 Å². The van der Waals surface area contributed by atoms with Crippen LogP contribution >= 0.6 is 0 Å². The van der Waals surface area contributed by atoms with Crippen molar-refractivity contribution in [3.05, 3.63) is 71.5 Å². The fourth-order valence-electron chi connectivity index (χ4n) is 4.03. The maximum Gasteiger partial charge on any atom is 0.233 e. The number of halogens is 1. The van der Waals surface area contributed by atoms with E-state index in [1.54, 1.807) is 37.1 Å². The van der Waals surface area contributed by atoms with Gasteiger partial charge < -0.3 is 4.90 Å². The Morgan fingerprint density at radius 2 is 1.66 bits per heavy atom. The van der Waals surface area contributed by atoms with Gasteiger partial charge in [-0.25, -0.2) is 17.1 Å². The van der Waals surface area contributed by atoms with E-state index in [1.807, 2.05) is 30.3 Å². The van der Waals surface area contributed by atoms with Crippen LogP contribution < -0.4 is 0 Å². The van der Waals surface area contributed by atoms with Gasteiger partial charge in [-0.3, -0.25) is 4.79 Å². The van der Waals surface area contributed by atoms with Crippen LogP contribution in [0.1, 0.15) is 30.9 Å². The summed E-state index contributed by atoms with van der Waals surface area (Å²) >= 11 is 0. The van der Waals surface area contributed by atoms with Gasteiger partial charge in [-0.15, -0.1) is 0 Å². The van der Waals surface area contributed by atoms with E-state index >= 15 is 0 Å². The Hall–Kier alpha value is -2.25. The molecule has 1 aliphatic heterocycles. The lowest BCUT2D eigenvalue weighted by molar-refractivity contribution is -0.138. The quantitative estimate of drug-likeness (QED) is 0.724. The van der Waals surface area contributed by atoms with Crippen molar-refractivity contribution in [1.29, 1.82) is 0 Å². The highest BCUT2D eigenvalue weighted by molar-refractivity contribution is 7.89. The van der Waals surface area contributed by atoms with Crippen molar-refractivity contribution in [3.8, 4) is 0 Å². The van der Waals surface area contributed by atoms with Crippen LogP contribution in [0.3, 0.4) is 0 Å². The number of hydrogen-bond acceptors (Lipinski definition) is 3. The van der Waals surface area contributed by atoms with Crippen LogP contribution in [0.2, 0.25) is 0 Å². The lowest BCUT2D eigenvalue weighted by atomic mass is 9.72. The third kappa shape index (κ3) is 4.36. The summed E-state index contributed by atoms with van der Waals surface area (Å²) in [6.07, 6.45) is 0.799. The molecule has 0 saturated carbocycles. The molecule has 0 bridgehead atoms. The number of amides is 1. The minimum absolute atomic E-state index is 0.0481. The molecule has 1 aliphatic rings. The molecule has 0 spiro atoms. The molecule has 0 aromatic heterocycles. The summed E-state index contributed by atoms with van der Waals surface area (Å²) in [6.45, 7) is 2.38. The summed E-state index contributed by atoms with van der Waals surface area (Å²) in [7, 11) is -1.62. The van der Waals surface area contributed by atoms with E-state index in [-0.39, 0.29) is 24.0 Å². The summed E-state index contributed by atoms with van der Waals surface area (Å²) in [6, 6.07) is 15.9. The molecule has 1 heterocycles. The van der Waals surface area contributed by atoms with Crippen LogP contribution in [0, 0.1) is 5.82 Å². The van der Waals surface area contributed by atoms with Gasteiger partial charge in [0, 0.05) is 32.2 Å². The first-order valence-electron chi connectivity index (χ1n) is 9.82. The van der Waals surface area contributed by atoms with Crippen molar-refractivity contribution in [2.24, 2.45) is 0 Å². The van der Waals surface area contributed by atoms with Gasteiger partial charge >= 0.3 is 0 Å². The molecule has 0 aliphatic carbocycles. The van der Waals surface area contributed by atoms with Gasteiger partial charge in [0.15, 0.2) is 0 Å². The molecule has 29 heavy (non-hydrogen) atoms. The van der Waals surface area contributed by atoms with Gasteiger partial charge in [-0.1, -0.05) is 48.5 Å². The topological polar surface area (TPSA) is 57.7 Å². The first-order chi connectivity index (χ1) is 13.8. The van der Waals surface area contributed by atoms with Crippen LogP contribution in [-0.4, -0.2) is 49.4 Å². The van der Waals surface area contributed by atoms with E-state index in [1.165, 1.54) is 10.4 Å². The maximum atomic E-state index is 14.1. The summed E-state index contributed by atoms with van der Waals surface area (Å²) in [5.41, 5.74) is 0.512. The van der Waals surface area contributed by atoms with Crippen LogP contribution in [-0.2, 0) is 26.8 Å². The number of piperidine rings is 1. The molecule has 1 amide bonds. The minimum Gasteiger partial charge on any atom is -0.341 e. The maximum absolute atomic E-state index is 14.1. The van der Waals surface area contributed by atoms with Crippen LogP contribution in [0.25, 0.3) is 0 Å². The Morgan fingerprint density at radius 1 is 1.07 bits per heavy atom. The highest BCUT2D eigenvalue weighted by Gasteiger charge is 2.45. The Labute approximate surface area is 172 Å². The lowest BCUT2D eigenvalue weighted by Crippen LogP contribution is -2.53. The fourth-order valence-corrected chi connectivity index (χ4v) is 5.14. The predicted octanol–water partition coefficient (Wildman–Crippen LogP) is 3.17. The second-order valence-electron chi connectivity index (χ2n) is 7.50. The third-order valence-corrected chi connectivity index (χ3v) is 7.66. The van der Waals surface area contributed by atoms with Gasteiger partial charge in [0.25, 0.3) is 0 Å². The van der Waals surface area contributed by atoms with Crippen molar-refractivity contribution < 1.29 is 17.6 Å². The van der Waals surface area contributed by atoms with Gasteiger partial charge in [-0.2, -0.15) is 0 Å². The molecule has 7 heteroatoms. The van der Waals surface area contributed by atoms with Crippen molar-refractivity contribution in [2.75, 3.05) is 25.9 Å². The molecule has 156 valence electrons. The van der Waals surface area contributed by atoms with E-state index in [0.29, 0.717) is 31.5 Å². The average Bonchev–Trinajstić information content (AvgIpc) is 2.75. The number of nitrogens with zero attached hydrogens (tertiary/aromatic N) is 2. The number of benzene rings is 2. The largest absolute Gasteiger partial charge is 0.341 e. The molecule has 0 unspecified atom stereocenters. The van der Waals surface area contributed by atoms with Crippen LogP contribution in [0.5, 0.6) is 0 Å². The van der Waals surface area contributed by atoms with Crippen molar-refractivity contribution in [1.82, 2.24) is 9.21 Å². The molecular formula is C22H27FN2O3S. The zero-order valence-corrected chi connectivity index (χ0v) is 17.7. The highest BCUT2D eigenvalue weighted by Crippen LogP contribution is 2.38. The molecule has 1 saturated heterocycles. The first-order valence-corrected chi connectivity index (χ1v) is 11.4. The SMILES string of the molecule is CCS(=O)(=O)N1CCC(C(=O)N(C)Cc2ccccc2F)(c2ccccc2)CC1. The average molecular weight is 419 g/mol. The van der Waals surface area contributed by atoms with Gasteiger partial charge in [0.05, 0.1) is 11.2 Å². The zero-order chi connectivity index (χ0) is 21.1. The molecule has 2 aromatic rings. The first kappa shape index (κ1) is 21.5. The molecule has 0 radical (unpaired) electrons. The normalized spacial score (nSPS) is 17.1. The summed E-state index contributed by atoms with van der Waals surface area (Å²) < 4.78 is 40.1. The standard InChI is InChI=1S/C22H27FN2O3S/c1-3-29(27,28)25-15-13-22(14-16-25,19-10-5-4-6-11-19)21(26)24(2)17-18-9-7-8-12-20(18)23/h4-12H,3,13-17H2,1-2H3. The Bertz CT molecular complexity index is 955. The molecule has 1 fully saturated rings. The molecule has 2 aromatic carbocycles. The molecule has 0 N–H and O–H groups in total. The minimum atomic E-state index is -3.29. The Kier molecular flexibility index (Phi) is 6.39. The second-order valence-corrected chi connectivity index (χ2v) is 9.76. The smallest absolute Gasteiger partial charge is 0.233 e. The summed E-state index contributed by atoms with van der Waals surface area (Å²) in [5.74, 6) is -0.405. The van der Waals surface area contributed by atoms with E-state index in [4.69, 9.17) is 0 Å². The molecule has 0 atom stereocenters. The van der Waals surface area contributed by atoms with E-state index in [0.717, 1.165) is 5.56 Å². The summed E-state index contributed by atoms with van der Waals surface area (Å²) in [5, 5.41) is 0. The molecule has 5 nitrogen and oxygen atoms in total. The Balaban J connectivity index is 1.89. The number of sulfonamides is 1. The highest BCUT2D eigenvalue weighted by atomic mass is 32.2. The predicted molar refractivity (Wildman–Crippen MR) is 111 cm³/mol. The monoisotopic (exact) mass is 418 g/mol. The van der Waals surface area contributed by atoms with Gasteiger partial charge in [-0.05, 0) is 31.4 Å². The number of rotatable bonds is 6. The number of hydrogen-bond donors (Lipinski definition) is 0. The fraction of sp³-hybridized carbons (Fsp3) is 0.409. The van der Waals surface area contributed by atoms with Crippen LogP contribution in [0.4, 0.5) is 4.39 Å². The lowest BCUT2D eigenvalue weighted by Gasteiger charge is -2.42. The molecular weight excluding hydrogens is 391 g/mol. The number of likely N-dealkylation sites (N-methyl/N-ethyl adjacent to an activating group) is 1. The van der Waals surface area contributed by atoms with E-state index < -0.39 is 15.4 Å². The van der Waals surface area contributed by atoms with Crippen molar-refractivity contribution in [3.63, 3.8) is 0 Å². The second kappa shape index (κ2) is 8.63. The summed E-state index contributed by atoms with van der Waals surface area (Å²) in [4.78, 5) is 15.1. The third-order valence-electron chi connectivity index (χ3n) is 5.78. The number of carbonyl (C=O) groups excluding carboxylic acids is 1. The van der Waals surface area contributed by atoms with Crippen molar-refractivity contribution in [2.45, 2.75) is 31.7 Å². The number of carbonyl (C=O) groups is 1. The van der Waals surface area contributed by atoms with Gasteiger partial charge in [0.2, 0.25) is 15.9 Å². The van der Waals surface area contributed by atoms with E-state index in [9.17, 15) is 17.6 Å². The van der Waals surface area contributed by atoms with Gasteiger partial charge in [0.1, 0.15) is 5.82 Å². The Morgan fingerprint density at radius 3 is 2.24 bits per heavy atom.